The number of hydrogen-bond donors (Lipinski definition) is 1. The van der Waals surface area contributed by atoms with Crippen LogP contribution in [0.15, 0.2) is 60.7 Å². The molecule has 1 atom stereocenters. The van der Waals surface area contributed by atoms with E-state index in [4.69, 9.17) is 4.74 Å². The Morgan fingerprint density at radius 3 is 2.21 bits per heavy atom. The number of nitrogens with zero attached hydrogens (tertiary/aromatic N) is 2. The first kappa shape index (κ1) is 23.6. The van der Waals surface area contributed by atoms with Crippen LogP contribution in [-0.4, -0.2) is 36.1 Å². The Hall–Kier alpha value is -3.56. The van der Waals surface area contributed by atoms with Crippen molar-refractivity contribution >= 4 is 18.1 Å². The van der Waals surface area contributed by atoms with Crippen molar-refractivity contribution in [2.24, 2.45) is 0 Å². The molecule has 0 radical (unpaired) electrons. The minimum atomic E-state index is -4.95. The van der Waals surface area contributed by atoms with E-state index in [0.717, 1.165) is 0 Å². The molecule has 0 bridgehead atoms. The fourth-order valence-electron chi connectivity index (χ4n) is 3.82. The number of benzene rings is 2. The molecule has 4 rings (SSSR count). The molecular formula is C23H18F6N3O2+. The highest BCUT2D eigenvalue weighted by Crippen LogP contribution is 2.37. The second-order valence-corrected chi connectivity index (χ2v) is 7.87. The van der Waals surface area contributed by atoms with E-state index in [1.54, 1.807) is 42.5 Å². The zero-order chi connectivity index (χ0) is 24.6. The Bertz CT molecular complexity index is 1150. The van der Waals surface area contributed by atoms with Crippen LogP contribution in [0, 0.1) is 0 Å². The van der Waals surface area contributed by atoms with Crippen LogP contribution in [0.4, 0.5) is 31.1 Å². The summed E-state index contributed by atoms with van der Waals surface area (Å²) >= 11 is 0. The van der Waals surface area contributed by atoms with Crippen LogP contribution in [-0.2, 0) is 29.2 Å². The van der Waals surface area contributed by atoms with E-state index in [2.05, 4.69) is 9.98 Å². The number of halogens is 6. The van der Waals surface area contributed by atoms with E-state index >= 15 is 0 Å². The molecular weight excluding hydrogens is 464 g/mol. The van der Waals surface area contributed by atoms with Crippen LogP contribution in [0.1, 0.15) is 22.3 Å². The summed E-state index contributed by atoms with van der Waals surface area (Å²) < 4.78 is 88.6. The number of hydrogen-bond acceptors (Lipinski definition) is 2. The van der Waals surface area contributed by atoms with E-state index in [0.29, 0.717) is 23.5 Å². The van der Waals surface area contributed by atoms with Crippen molar-refractivity contribution in [2.75, 3.05) is 13.2 Å². The van der Waals surface area contributed by atoms with E-state index in [9.17, 15) is 31.1 Å². The first-order valence-corrected chi connectivity index (χ1v) is 10.1. The maximum atomic E-state index is 13.1. The molecule has 5 nitrogen and oxygen atoms in total. The normalized spacial score (nSPS) is 20.1. The molecule has 1 fully saturated rings. The van der Waals surface area contributed by atoms with Gasteiger partial charge in [0.15, 0.2) is 6.21 Å². The first-order valence-electron chi connectivity index (χ1n) is 10.1. The maximum Gasteiger partial charge on any atom is 0.416 e. The van der Waals surface area contributed by atoms with Gasteiger partial charge >= 0.3 is 24.2 Å². The summed E-state index contributed by atoms with van der Waals surface area (Å²) in [6.45, 7) is -0.618. The molecule has 11 heteroatoms. The number of amides is 2. The molecule has 0 aliphatic carbocycles. The number of ether oxygens (including phenoxy) is 1. The number of amidine groups is 1. The number of urea groups is 1. The third-order valence-electron chi connectivity index (χ3n) is 5.43. The minimum absolute atomic E-state index is 0.0664. The van der Waals surface area contributed by atoms with Crippen molar-refractivity contribution in [3.05, 3.63) is 82.9 Å². The van der Waals surface area contributed by atoms with Crippen molar-refractivity contribution in [1.82, 2.24) is 14.9 Å². The molecule has 2 aromatic rings. The summed E-state index contributed by atoms with van der Waals surface area (Å²) in [4.78, 5) is 14.1. The van der Waals surface area contributed by atoms with Crippen LogP contribution in [0.25, 0.3) is 0 Å². The molecule has 2 aromatic carbocycles. The van der Waals surface area contributed by atoms with Gasteiger partial charge in [-0.1, -0.05) is 30.3 Å². The Kier molecular flexibility index (Phi) is 6.01. The summed E-state index contributed by atoms with van der Waals surface area (Å²) in [5, 5.41) is 2.84. The van der Waals surface area contributed by atoms with Gasteiger partial charge < -0.3 is 10.1 Å². The number of carbonyl (C=O) groups excluding carboxylic acids is 1. The Balaban J connectivity index is 1.59. The molecule has 1 unspecified atom stereocenters. The third kappa shape index (κ3) is 4.85. The molecule has 1 N–H and O–H groups in total. The standard InChI is InChI=1S/C23H17F6N3O2/c24-22(25,26)17-9-15(10-18(11-17)23(27,28)29)12-34-14-21(16-5-2-1-3-6-16)13-32(20(33)31-21)19-7-4-8-30-19/h1-11H,12-14H2/p+1. The van der Waals surface area contributed by atoms with Gasteiger partial charge in [0, 0.05) is 6.08 Å². The highest BCUT2D eigenvalue weighted by molar-refractivity contribution is 6.09. The molecule has 2 aliphatic rings. The molecule has 1 saturated heterocycles. The Morgan fingerprint density at radius 2 is 1.65 bits per heavy atom. The smallest absolute Gasteiger partial charge is 0.374 e. The average molecular weight is 482 g/mol. The van der Waals surface area contributed by atoms with Gasteiger partial charge in [-0.05, 0) is 29.3 Å². The summed E-state index contributed by atoms with van der Waals surface area (Å²) in [6, 6.07) is 9.61. The monoisotopic (exact) mass is 482 g/mol. The van der Waals surface area contributed by atoms with Crippen LogP contribution in [0.2, 0.25) is 0 Å². The molecule has 178 valence electrons. The second kappa shape index (κ2) is 8.66. The highest BCUT2D eigenvalue weighted by atomic mass is 19.4. The van der Waals surface area contributed by atoms with Crippen molar-refractivity contribution in [1.29, 1.82) is 0 Å². The van der Waals surface area contributed by atoms with E-state index < -0.39 is 41.7 Å². The minimum Gasteiger partial charge on any atom is -0.374 e. The largest absolute Gasteiger partial charge is 0.416 e. The van der Waals surface area contributed by atoms with Crippen LogP contribution in [0.3, 0.4) is 0 Å². The molecule has 2 heterocycles. The second-order valence-electron chi connectivity index (χ2n) is 7.87. The lowest BCUT2D eigenvalue weighted by molar-refractivity contribution is -0.143. The number of nitrogens with one attached hydrogen (secondary N) is 1. The van der Waals surface area contributed by atoms with Gasteiger partial charge in [-0.2, -0.15) is 31.2 Å². The van der Waals surface area contributed by atoms with E-state index in [1.807, 2.05) is 0 Å². The number of alkyl halides is 6. The zero-order valence-electron chi connectivity index (χ0n) is 17.5. The van der Waals surface area contributed by atoms with E-state index in [1.165, 1.54) is 11.1 Å². The predicted molar refractivity (Wildman–Crippen MR) is 112 cm³/mol. The molecule has 34 heavy (non-hydrogen) atoms. The topological polar surface area (TPSA) is 55.7 Å². The van der Waals surface area contributed by atoms with Crippen LogP contribution < -0.4 is 9.98 Å². The fraction of sp³-hybridized carbons (Fsp3) is 0.261. The van der Waals surface area contributed by atoms with Gasteiger partial charge in [-0.25, -0.2) is 9.46 Å². The van der Waals surface area contributed by atoms with Crippen molar-refractivity contribution in [3.63, 3.8) is 0 Å². The average Bonchev–Trinajstić information content (AvgIpc) is 3.41. The fourth-order valence-corrected chi connectivity index (χ4v) is 3.82. The van der Waals surface area contributed by atoms with Crippen molar-refractivity contribution < 1.29 is 35.9 Å². The van der Waals surface area contributed by atoms with E-state index in [-0.39, 0.29) is 24.8 Å². The van der Waals surface area contributed by atoms with Crippen LogP contribution in [0.5, 0.6) is 0 Å². The quantitative estimate of drug-likeness (QED) is 0.512. The lowest BCUT2D eigenvalue weighted by Gasteiger charge is -2.27. The Morgan fingerprint density at radius 1 is 1.00 bits per heavy atom. The predicted octanol–water partition coefficient (Wildman–Crippen LogP) is 4.27. The van der Waals surface area contributed by atoms with Crippen molar-refractivity contribution in [3.8, 4) is 0 Å². The highest BCUT2D eigenvalue weighted by Gasteiger charge is 2.51. The number of carbonyl (C=O) groups is 1. The lowest BCUT2D eigenvalue weighted by Crippen LogP contribution is -2.44. The summed E-state index contributed by atoms with van der Waals surface area (Å²) in [5.41, 5.74) is -3.55. The molecule has 0 spiro atoms. The number of allylic oxidation sites excluding steroid dienone is 1. The molecule has 2 amide bonds. The van der Waals surface area contributed by atoms with Crippen LogP contribution >= 0.6 is 0 Å². The third-order valence-corrected chi connectivity index (χ3v) is 5.43. The SMILES string of the molecule is O=C1NC(COCc2cc(C(F)(F)F)cc(C(F)(F)F)c2)(c2ccccc2)CN1C1=[N+]=CC=C1. The first-order chi connectivity index (χ1) is 16.0. The zero-order valence-corrected chi connectivity index (χ0v) is 17.5. The molecule has 2 aliphatic heterocycles. The molecule has 0 saturated carbocycles. The van der Waals surface area contributed by atoms with Gasteiger partial charge in [0.1, 0.15) is 12.1 Å². The van der Waals surface area contributed by atoms with Gasteiger partial charge in [-0.15, -0.1) is 0 Å². The van der Waals surface area contributed by atoms with Gasteiger partial charge in [0.05, 0.1) is 30.4 Å². The summed E-state index contributed by atoms with van der Waals surface area (Å²) in [6.07, 6.45) is -5.08. The van der Waals surface area contributed by atoms with Gasteiger partial charge in [0.2, 0.25) is 0 Å². The lowest BCUT2D eigenvalue weighted by atomic mass is 9.91. The van der Waals surface area contributed by atoms with Crippen molar-refractivity contribution in [2.45, 2.75) is 24.5 Å². The van der Waals surface area contributed by atoms with Gasteiger partial charge in [0.25, 0.3) is 0 Å². The maximum absolute atomic E-state index is 13.1. The van der Waals surface area contributed by atoms with Gasteiger partial charge in [-0.3, -0.25) is 0 Å². The Labute approximate surface area is 190 Å². The molecule has 0 aromatic heterocycles. The summed E-state index contributed by atoms with van der Waals surface area (Å²) in [5.74, 6) is 0.406. The summed E-state index contributed by atoms with van der Waals surface area (Å²) in [7, 11) is 0. The number of rotatable bonds is 5.